The Morgan fingerprint density at radius 3 is 2.59 bits per heavy atom. The maximum Gasteiger partial charge on any atom is 0.330 e. The summed E-state index contributed by atoms with van der Waals surface area (Å²) in [7, 11) is 0. The summed E-state index contributed by atoms with van der Waals surface area (Å²) < 4.78 is 4.58. The lowest BCUT2D eigenvalue weighted by atomic mass is 10.1. The Morgan fingerprint density at radius 1 is 1.24 bits per heavy atom. The second-order valence-electron chi connectivity index (χ2n) is 4.17. The van der Waals surface area contributed by atoms with E-state index in [0.717, 1.165) is 12.0 Å². The van der Waals surface area contributed by atoms with Gasteiger partial charge in [-0.1, -0.05) is 30.3 Å². The highest BCUT2D eigenvalue weighted by Crippen LogP contribution is 2.26. The van der Waals surface area contributed by atoms with Gasteiger partial charge >= 0.3 is 11.9 Å². The van der Waals surface area contributed by atoms with Crippen molar-refractivity contribution in [2.45, 2.75) is 31.8 Å². The minimum Gasteiger partial charge on any atom is -0.392 e. The molecule has 1 heterocycles. The van der Waals surface area contributed by atoms with Gasteiger partial charge in [0.25, 0.3) is 0 Å². The van der Waals surface area contributed by atoms with Gasteiger partial charge in [0.15, 0.2) is 0 Å². The van der Waals surface area contributed by atoms with E-state index >= 15 is 0 Å². The fourth-order valence-corrected chi connectivity index (χ4v) is 2.09. The third-order valence-corrected chi connectivity index (χ3v) is 2.88. The maximum atomic E-state index is 11.5. The van der Waals surface area contributed by atoms with E-state index < -0.39 is 11.9 Å². The van der Waals surface area contributed by atoms with Crippen molar-refractivity contribution in [3.05, 3.63) is 35.9 Å². The average molecular weight is 233 g/mol. The van der Waals surface area contributed by atoms with Gasteiger partial charge in [-0.05, 0) is 18.4 Å². The van der Waals surface area contributed by atoms with E-state index in [4.69, 9.17) is 0 Å². The van der Waals surface area contributed by atoms with Crippen LogP contribution in [0.5, 0.6) is 0 Å². The van der Waals surface area contributed by atoms with Crippen LogP contribution in [0.2, 0.25) is 0 Å². The van der Waals surface area contributed by atoms with Crippen molar-refractivity contribution in [1.82, 2.24) is 5.32 Å². The van der Waals surface area contributed by atoms with Gasteiger partial charge in [-0.3, -0.25) is 10.1 Å². The molecule has 1 aromatic rings. The fourth-order valence-electron chi connectivity index (χ4n) is 2.09. The SMILES string of the molecule is CC(=O)OC(=O)[C@@H]1CCC(c2ccccc2)N1. The number of nitrogens with one attached hydrogen (secondary N) is 1. The first-order valence-corrected chi connectivity index (χ1v) is 5.70. The molecule has 0 radical (unpaired) electrons. The Balaban J connectivity index is 1.96. The molecule has 1 saturated heterocycles. The fraction of sp³-hybridized carbons (Fsp3) is 0.385. The van der Waals surface area contributed by atoms with Crippen molar-refractivity contribution in [2.24, 2.45) is 0 Å². The summed E-state index contributed by atoms with van der Waals surface area (Å²) in [4.78, 5) is 22.2. The predicted molar refractivity (Wildman–Crippen MR) is 62.1 cm³/mol. The van der Waals surface area contributed by atoms with Crippen molar-refractivity contribution < 1.29 is 14.3 Å². The van der Waals surface area contributed by atoms with Crippen LogP contribution in [0.3, 0.4) is 0 Å². The monoisotopic (exact) mass is 233 g/mol. The number of ether oxygens (including phenoxy) is 1. The van der Waals surface area contributed by atoms with Crippen molar-refractivity contribution in [1.29, 1.82) is 0 Å². The van der Waals surface area contributed by atoms with Gasteiger partial charge in [-0.2, -0.15) is 0 Å². The van der Waals surface area contributed by atoms with E-state index in [1.165, 1.54) is 6.92 Å². The molecule has 2 rings (SSSR count). The van der Waals surface area contributed by atoms with Crippen molar-refractivity contribution >= 4 is 11.9 Å². The summed E-state index contributed by atoms with van der Waals surface area (Å²) in [5, 5.41) is 3.19. The molecule has 1 N–H and O–H groups in total. The van der Waals surface area contributed by atoms with Gasteiger partial charge in [0, 0.05) is 13.0 Å². The number of hydrogen-bond donors (Lipinski definition) is 1. The molecule has 1 aliphatic rings. The number of carbonyl (C=O) groups excluding carboxylic acids is 2. The largest absolute Gasteiger partial charge is 0.392 e. The van der Waals surface area contributed by atoms with E-state index in [1.54, 1.807) is 0 Å². The number of hydrogen-bond acceptors (Lipinski definition) is 4. The molecule has 1 aliphatic heterocycles. The summed E-state index contributed by atoms with van der Waals surface area (Å²) in [5.74, 6) is -1.03. The summed E-state index contributed by atoms with van der Waals surface area (Å²) in [6, 6.07) is 9.74. The number of benzene rings is 1. The van der Waals surface area contributed by atoms with Crippen LogP contribution in [0.25, 0.3) is 0 Å². The molecule has 0 aromatic heterocycles. The molecule has 1 unspecified atom stereocenters. The molecule has 17 heavy (non-hydrogen) atoms. The lowest BCUT2D eigenvalue weighted by Gasteiger charge is -2.13. The average Bonchev–Trinajstić information content (AvgIpc) is 2.78. The predicted octanol–water partition coefficient (Wildman–Crippen LogP) is 1.57. The van der Waals surface area contributed by atoms with Crippen LogP contribution in [0.15, 0.2) is 30.3 Å². The summed E-state index contributed by atoms with van der Waals surface area (Å²) >= 11 is 0. The van der Waals surface area contributed by atoms with E-state index in [2.05, 4.69) is 10.1 Å². The quantitative estimate of drug-likeness (QED) is 0.622. The first kappa shape index (κ1) is 11.8. The minimum atomic E-state index is -0.556. The lowest BCUT2D eigenvalue weighted by Crippen LogP contribution is -2.34. The Bertz CT molecular complexity index is 416. The highest BCUT2D eigenvalue weighted by atomic mass is 16.6. The molecular formula is C13H15NO3. The number of esters is 2. The van der Waals surface area contributed by atoms with Crippen LogP contribution < -0.4 is 5.32 Å². The van der Waals surface area contributed by atoms with E-state index in [9.17, 15) is 9.59 Å². The molecule has 0 bridgehead atoms. The number of rotatable bonds is 2. The van der Waals surface area contributed by atoms with E-state index in [0.29, 0.717) is 6.42 Å². The van der Waals surface area contributed by atoms with Crippen molar-refractivity contribution in [3.63, 3.8) is 0 Å². The van der Waals surface area contributed by atoms with Gasteiger partial charge in [0.2, 0.25) is 0 Å². The first-order valence-electron chi connectivity index (χ1n) is 5.70. The Morgan fingerprint density at radius 2 is 1.94 bits per heavy atom. The zero-order chi connectivity index (χ0) is 12.3. The maximum absolute atomic E-state index is 11.5. The van der Waals surface area contributed by atoms with Crippen LogP contribution in [0.4, 0.5) is 0 Å². The van der Waals surface area contributed by atoms with E-state index in [-0.39, 0.29) is 12.1 Å². The molecule has 0 spiro atoms. The molecule has 1 aromatic carbocycles. The van der Waals surface area contributed by atoms with Gasteiger partial charge < -0.3 is 4.74 Å². The van der Waals surface area contributed by atoms with Crippen LogP contribution in [0, 0.1) is 0 Å². The van der Waals surface area contributed by atoms with Crippen LogP contribution >= 0.6 is 0 Å². The highest BCUT2D eigenvalue weighted by molar-refractivity contribution is 5.87. The lowest BCUT2D eigenvalue weighted by molar-refractivity contribution is -0.159. The van der Waals surface area contributed by atoms with Crippen LogP contribution in [-0.2, 0) is 14.3 Å². The molecule has 4 heteroatoms. The Kier molecular flexibility index (Phi) is 3.54. The third kappa shape index (κ3) is 2.91. The molecule has 4 nitrogen and oxygen atoms in total. The van der Waals surface area contributed by atoms with Crippen molar-refractivity contribution in [3.8, 4) is 0 Å². The highest BCUT2D eigenvalue weighted by Gasteiger charge is 2.31. The minimum absolute atomic E-state index is 0.167. The molecule has 2 atom stereocenters. The molecule has 90 valence electrons. The molecular weight excluding hydrogens is 218 g/mol. The Labute approximate surface area is 100.0 Å². The molecule has 0 aliphatic carbocycles. The molecule has 0 saturated carbocycles. The zero-order valence-corrected chi connectivity index (χ0v) is 9.68. The first-order chi connectivity index (χ1) is 8.16. The number of carbonyl (C=O) groups is 2. The van der Waals surface area contributed by atoms with Gasteiger partial charge in [-0.25, -0.2) is 4.79 Å². The van der Waals surface area contributed by atoms with Gasteiger partial charge in [0.05, 0.1) is 0 Å². The molecule has 0 amide bonds. The van der Waals surface area contributed by atoms with Gasteiger partial charge in [-0.15, -0.1) is 0 Å². The van der Waals surface area contributed by atoms with E-state index in [1.807, 2.05) is 30.3 Å². The van der Waals surface area contributed by atoms with Gasteiger partial charge in [0.1, 0.15) is 6.04 Å². The van der Waals surface area contributed by atoms with Crippen molar-refractivity contribution in [2.75, 3.05) is 0 Å². The topological polar surface area (TPSA) is 55.4 Å². The Hall–Kier alpha value is -1.68. The molecule has 1 fully saturated rings. The zero-order valence-electron chi connectivity index (χ0n) is 9.68. The van der Waals surface area contributed by atoms with Crippen LogP contribution in [-0.4, -0.2) is 18.0 Å². The normalized spacial score (nSPS) is 23.4. The standard InChI is InChI=1S/C13H15NO3/c1-9(15)17-13(16)12-8-7-11(14-12)10-5-3-2-4-6-10/h2-6,11-12,14H,7-8H2,1H3/t11?,12-/m0/s1. The second-order valence-corrected chi connectivity index (χ2v) is 4.17. The third-order valence-electron chi connectivity index (χ3n) is 2.88. The summed E-state index contributed by atoms with van der Waals surface area (Å²) in [5.41, 5.74) is 1.16. The summed E-state index contributed by atoms with van der Waals surface area (Å²) in [6.07, 6.45) is 1.58. The smallest absolute Gasteiger partial charge is 0.330 e. The summed E-state index contributed by atoms with van der Waals surface area (Å²) in [6.45, 7) is 1.24. The van der Waals surface area contributed by atoms with Crippen LogP contribution in [0.1, 0.15) is 31.4 Å². The second kappa shape index (κ2) is 5.10.